The number of rotatable bonds is 5. The van der Waals surface area contributed by atoms with Gasteiger partial charge in [-0.15, -0.1) is 11.3 Å². The number of hydrogen-bond acceptors (Lipinski definition) is 5. The Morgan fingerprint density at radius 3 is 2.53 bits per heavy atom. The second kappa shape index (κ2) is 9.41. The van der Waals surface area contributed by atoms with Crippen molar-refractivity contribution in [3.8, 4) is 16.3 Å². The second-order valence-corrected chi connectivity index (χ2v) is 8.57. The van der Waals surface area contributed by atoms with Crippen LogP contribution in [-0.4, -0.2) is 54.0 Å². The number of thiazole rings is 1. The fraction of sp³-hybridized carbons (Fsp3) is 0.333. The Labute approximate surface area is 181 Å². The monoisotopic (exact) mass is 421 g/mol. The van der Waals surface area contributed by atoms with Crippen molar-refractivity contribution in [1.82, 2.24) is 14.8 Å². The summed E-state index contributed by atoms with van der Waals surface area (Å²) < 4.78 is 5.24. The molecule has 0 bridgehead atoms. The van der Waals surface area contributed by atoms with Gasteiger partial charge in [-0.3, -0.25) is 9.69 Å². The van der Waals surface area contributed by atoms with Crippen molar-refractivity contribution in [3.05, 3.63) is 70.7 Å². The van der Waals surface area contributed by atoms with Gasteiger partial charge in [-0.05, 0) is 31.0 Å². The standard InChI is InChI=1S/C24H27N3O2S/c1-18-22(30-23(25-18)20-7-4-3-5-8-20)24(28)27-14-6-13-26(15-16-27)17-19-9-11-21(29-2)12-10-19/h3-5,7-12H,6,13-17H2,1-2H3. The van der Waals surface area contributed by atoms with Gasteiger partial charge in [0.05, 0.1) is 12.8 Å². The molecule has 156 valence electrons. The van der Waals surface area contributed by atoms with Gasteiger partial charge in [0.2, 0.25) is 0 Å². The van der Waals surface area contributed by atoms with Gasteiger partial charge >= 0.3 is 0 Å². The first-order chi connectivity index (χ1) is 14.6. The van der Waals surface area contributed by atoms with E-state index >= 15 is 0 Å². The summed E-state index contributed by atoms with van der Waals surface area (Å²) in [4.78, 5) is 23.0. The predicted molar refractivity (Wildman–Crippen MR) is 121 cm³/mol. The quantitative estimate of drug-likeness (QED) is 0.610. The molecule has 4 rings (SSSR count). The minimum atomic E-state index is 0.110. The molecule has 0 radical (unpaired) electrons. The first kappa shape index (κ1) is 20.6. The van der Waals surface area contributed by atoms with Crippen LogP contribution in [0.3, 0.4) is 0 Å². The normalized spacial score (nSPS) is 15.1. The number of methoxy groups -OCH3 is 1. The summed E-state index contributed by atoms with van der Waals surface area (Å²) in [6.07, 6.45) is 0.977. The van der Waals surface area contributed by atoms with Gasteiger partial charge in [0.15, 0.2) is 0 Å². The molecule has 0 aliphatic carbocycles. The number of ether oxygens (including phenoxy) is 1. The Morgan fingerprint density at radius 2 is 1.80 bits per heavy atom. The van der Waals surface area contributed by atoms with Crippen LogP contribution < -0.4 is 4.74 Å². The summed E-state index contributed by atoms with van der Waals surface area (Å²) >= 11 is 1.50. The molecule has 5 nitrogen and oxygen atoms in total. The van der Waals surface area contributed by atoms with Crippen molar-refractivity contribution in [2.75, 3.05) is 33.3 Å². The maximum atomic E-state index is 13.2. The lowest BCUT2D eigenvalue weighted by molar-refractivity contribution is 0.0765. The van der Waals surface area contributed by atoms with E-state index in [0.29, 0.717) is 0 Å². The van der Waals surface area contributed by atoms with Crippen LogP contribution in [0.15, 0.2) is 54.6 Å². The molecule has 0 spiro atoms. The zero-order valence-electron chi connectivity index (χ0n) is 17.5. The van der Waals surface area contributed by atoms with E-state index in [-0.39, 0.29) is 5.91 Å². The van der Waals surface area contributed by atoms with Gasteiger partial charge in [0, 0.05) is 38.3 Å². The molecule has 0 unspecified atom stereocenters. The second-order valence-electron chi connectivity index (χ2n) is 7.57. The summed E-state index contributed by atoms with van der Waals surface area (Å²) in [7, 11) is 1.68. The molecule has 3 aromatic rings. The Bertz CT molecular complexity index is 985. The van der Waals surface area contributed by atoms with Crippen LogP contribution >= 0.6 is 11.3 Å². The largest absolute Gasteiger partial charge is 0.497 e. The lowest BCUT2D eigenvalue weighted by Crippen LogP contribution is -2.35. The first-order valence-corrected chi connectivity index (χ1v) is 11.1. The van der Waals surface area contributed by atoms with Gasteiger partial charge in [0.25, 0.3) is 5.91 Å². The third kappa shape index (κ3) is 4.71. The van der Waals surface area contributed by atoms with E-state index in [1.807, 2.05) is 54.3 Å². The van der Waals surface area contributed by atoms with Crippen LogP contribution in [0.4, 0.5) is 0 Å². The Morgan fingerprint density at radius 1 is 1.03 bits per heavy atom. The predicted octanol–water partition coefficient (Wildman–Crippen LogP) is 4.48. The molecule has 1 saturated heterocycles. The number of amides is 1. The number of aromatic nitrogens is 1. The minimum Gasteiger partial charge on any atom is -0.497 e. The lowest BCUT2D eigenvalue weighted by Gasteiger charge is -2.22. The van der Waals surface area contributed by atoms with Crippen LogP contribution in [0, 0.1) is 6.92 Å². The van der Waals surface area contributed by atoms with Gasteiger partial charge in [-0.2, -0.15) is 0 Å². The summed E-state index contributed by atoms with van der Waals surface area (Å²) in [5.74, 6) is 0.986. The van der Waals surface area contributed by atoms with Crippen molar-refractivity contribution >= 4 is 17.2 Å². The van der Waals surface area contributed by atoms with Gasteiger partial charge in [-0.25, -0.2) is 4.98 Å². The van der Waals surface area contributed by atoms with Crippen molar-refractivity contribution in [2.45, 2.75) is 19.9 Å². The van der Waals surface area contributed by atoms with E-state index in [1.165, 1.54) is 16.9 Å². The summed E-state index contributed by atoms with van der Waals surface area (Å²) in [6, 6.07) is 18.3. The van der Waals surface area contributed by atoms with Gasteiger partial charge in [-0.1, -0.05) is 42.5 Å². The van der Waals surface area contributed by atoms with E-state index < -0.39 is 0 Å². The molecule has 30 heavy (non-hydrogen) atoms. The Kier molecular flexibility index (Phi) is 6.45. The molecule has 0 saturated carbocycles. The maximum Gasteiger partial charge on any atom is 0.265 e. The number of aryl methyl sites for hydroxylation is 1. The molecule has 2 heterocycles. The molecule has 0 N–H and O–H groups in total. The summed E-state index contributed by atoms with van der Waals surface area (Å²) in [6.45, 7) is 6.23. The van der Waals surface area contributed by atoms with Crippen molar-refractivity contribution in [2.24, 2.45) is 0 Å². The number of carbonyl (C=O) groups is 1. The molecular weight excluding hydrogens is 394 g/mol. The fourth-order valence-electron chi connectivity index (χ4n) is 3.76. The SMILES string of the molecule is COc1ccc(CN2CCCN(C(=O)c3sc(-c4ccccc4)nc3C)CC2)cc1. The highest BCUT2D eigenvalue weighted by Gasteiger charge is 2.24. The van der Waals surface area contributed by atoms with E-state index in [9.17, 15) is 4.79 Å². The zero-order chi connectivity index (χ0) is 20.9. The molecule has 1 aliphatic heterocycles. The van der Waals surface area contributed by atoms with Crippen LogP contribution in [0.1, 0.15) is 27.3 Å². The Balaban J connectivity index is 1.40. The molecule has 6 heteroatoms. The highest BCUT2D eigenvalue weighted by molar-refractivity contribution is 7.17. The van der Waals surface area contributed by atoms with E-state index in [2.05, 4.69) is 22.0 Å². The summed E-state index contributed by atoms with van der Waals surface area (Å²) in [5, 5.41) is 0.910. The molecule has 1 amide bonds. The highest BCUT2D eigenvalue weighted by atomic mass is 32.1. The Hall–Kier alpha value is -2.70. The van der Waals surface area contributed by atoms with Crippen LogP contribution in [0.5, 0.6) is 5.75 Å². The maximum absolute atomic E-state index is 13.2. The van der Waals surface area contributed by atoms with Crippen LogP contribution in [0.25, 0.3) is 10.6 Å². The topological polar surface area (TPSA) is 45.7 Å². The number of benzene rings is 2. The lowest BCUT2D eigenvalue weighted by atomic mass is 10.2. The van der Waals surface area contributed by atoms with Crippen molar-refractivity contribution in [1.29, 1.82) is 0 Å². The van der Waals surface area contributed by atoms with Crippen molar-refractivity contribution < 1.29 is 9.53 Å². The van der Waals surface area contributed by atoms with E-state index in [1.54, 1.807) is 7.11 Å². The zero-order valence-corrected chi connectivity index (χ0v) is 18.3. The molecule has 2 aromatic carbocycles. The minimum absolute atomic E-state index is 0.110. The number of carbonyl (C=O) groups excluding carboxylic acids is 1. The van der Waals surface area contributed by atoms with E-state index in [4.69, 9.17) is 4.74 Å². The van der Waals surface area contributed by atoms with Gasteiger partial charge in [0.1, 0.15) is 15.6 Å². The van der Waals surface area contributed by atoms with Crippen LogP contribution in [0.2, 0.25) is 0 Å². The third-order valence-electron chi connectivity index (χ3n) is 5.45. The first-order valence-electron chi connectivity index (χ1n) is 10.3. The molecule has 1 aliphatic rings. The van der Waals surface area contributed by atoms with Crippen molar-refractivity contribution in [3.63, 3.8) is 0 Å². The number of nitrogens with zero attached hydrogens (tertiary/aromatic N) is 3. The smallest absolute Gasteiger partial charge is 0.265 e. The van der Waals surface area contributed by atoms with Gasteiger partial charge < -0.3 is 9.64 Å². The summed E-state index contributed by atoms with van der Waals surface area (Å²) in [5.41, 5.74) is 3.15. The molecule has 1 fully saturated rings. The molecule has 0 atom stereocenters. The van der Waals surface area contributed by atoms with E-state index in [0.717, 1.165) is 66.0 Å². The molecular formula is C24H27N3O2S. The average Bonchev–Trinajstić information content (AvgIpc) is 3.02. The molecule has 1 aromatic heterocycles. The third-order valence-corrected chi connectivity index (χ3v) is 6.65. The fourth-order valence-corrected chi connectivity index (χ4v) is 4.80. The number of hydrogen-bond donors (Lipinski definition) is 0. The highest BCUT2D eigenvalue weighted by Crippen LogP contribution is 2.29. The van der Waals surface area contributed by atoms with Crippen LogP contribution in [-0.2, 0) is 6.54 Å². The average molecular weight is 422 g/mol.